The van der Waals surface area contributed by atoms with Crippen molar-refractivity contribution in [3.05, 3.63) is 10.1 Å². The molecule has 6 nitrogen and oxygen atoms in total. The number of ether oxygens (including phenoxy) is 1. The number of nitrogens with zero attached hydrogens (tertiary/aromatic N) is 1. The van der Waals surface area contributed by atoms with Crippen molar-refractivity contribution in [2.75, 3.05) is 19.8 Å². The van der Waals surface area contributed by atoms with Crippen molar-refractivity contribution in [1.82, 2.24) is 0 Å². The zero-order valence-electron chi connectivity index (χ0n) is 7.94. The highest BCUT2D eigenvalue weighted by atomic mass is 28.3. The minimum Gasteiger partial charge on any atom is -0.510 e. The van der Waals surface area contributed by atoms with E-state index in [1.807, 2.05) is 0 Å². The molecule has 9 heteroatoms. The number of hydrogen-bond acceptors (Lipinski definition) is 5. The molecule has 0 saturated carbocycles. The number of carbonyl (C=O) groups excluding carboxylic acids is 1. The van der Waals surface area contributed by atoms with Crippen LogP contribution in [0.15, 0.2) is 0 Å². The first-order valence-electron chi connectivity index (χ1n) is 3.95. The van der Waals surface area contributed by atoms with Gasteiger partial charge in [0, 0.05) is 4.92 Å². The zero-order chi connectivity index (χ0) is 11.8. The molecule has 0 N–H and O–H groups in total. The average molecular weight is 242 g/mol. The Morgan fingerprint density at radius 2 is 2.20 bits per heavy atom. The summed E-state index contributed by atoms with van der Waals surface area (Å²) in [7, 11) is -2.46. The van der Waals surface area contributed by atoms with Gasteiger partial charge >= 0.3 is 15.0 Å². The minimum atomic E-state index is -2.65. The molecule has 0 fully saturated rings. The van der Waals surface area contributed by atoms with Gasteiger partial charge < -0.3 is 9.16 Å². The standard InChI is InChI=1S/C6H10F2NO5Si/c1-15(6(7)8)14-5(10)4-13-3-2-9(11)12/h6H,2-4H2,1H3. The number of carbonyl (C=O) groups is 1. The van der Waals surface area contributed by atoms with E-state index in [0.29, 0.717) is 0 Å². The number of alkyl halides is 2. The molecule has 87 valence electrons. The van der Waals surface area contributed by atoms with Crippen molar-refractivity contribution >= 4 is 15.0 Å². The lowest BCUT2D eigenvalue weighted by Crippen LogP contribution is -2.29. The number of nitro groups is 1. The predicted molar refractivity (Wildman–Crippen MR) is 46.4 cm³/mol. The van der Waals surface area contributed by atoms with Crippen LogP contribution in [0.5, 0.6) is 0 Å². The highest BCUT2D eigenvalue weighted by Gasteiger charge is 2.23. The van der Waals surface area contributed by atoms with Gasteiger partial charge in [-0.3, -0.25) is 14.9 Å². The minimum absolute atomic E-state index is 0.247. The zero-order valence-corrected chi connectivity index (χ0v) is 8.94. The molecule has 0 aliphatic heterocycles. The van der Waals surface area contributed by atoms with Crippen LogP contribution in [0.3, 0.4) is 0 Å². The van der Waals surface area contributed by atoms with Gasteiger partial charge in [0.25, 0.3) is 6.05 Å². The largest absolute Gasteiger partial charge is 0.510 e. The first-order valence-corrected chi connectivity index (χ1v) is 5.94. The van der Waals surface area contributed by atoms with E-state index >= 15 is 0 Å². The Balaban J connectivity index is 3.53. The number of hydrogen-bond donors (Lipinski definition) is 0. The molecule has 0 aromatic carbocycles. The van der Waals surface area contributed by atoms with Crippen LogP contribution >= 0.6 is 0 Å². The van der Waals surface area contributed by atoms with Crippen LogP contribution in [-0.2, 0) is 14.0 Å². The maximum atomic E-state index is 11.9. The molecular formula is C6H10F2NO5Si. The molecule has 0 amide bonds. The van der Waals surface area contributed by atoms with Crippen molar-refractivity contribution < 1.29 is 27.7 Å². The van der Waals surface area contributed by atoms with Gasteiger partial charge in [0.05, 0.1) is 0 Å². The smallest absolute Gasteiger partial charge is 0.356 e. The molecule has 0 aromatic heterocycles. The quantitative estimate of drug-likeness (QED) is 0.277. The van der Waals surface area contributed by atoms with Crippen molar-refractivity contribution in [2.45, 2.75) is 12.6 Å². The summed E-state index contributed by atoms with van der Waals surface area (Å²) in [6.45, 7) is -0.0819. The second-order valence-electron chi connectivity index (χ2n) is 2.49. The summed E-state index contributed by atoms with van der Waals surface area (Å²) >= 11 is 0. The van der Waals surface area contributed by atoms with Crippen LogP contribution in [0.25, 0.3) is 0 Å². The fourth-order valence-electron chi connectivity index (χ4n) is 0.548. The number of rotatable bonds is 7. The second kappa shape index (κ2) is 7.23. The normalized spacial score (nSPS) is 10.7. The predicted octanol–water partition coefficient (Wildman–Crippen LogP) is 0.249. The molecule has 0 saturated heterocycles. The molecular weight excluding hydrogens is 232 g/mol. The van der Waals surface area contributed by atoms with Gasteiger partial charge in [0.1, 0.15) is 13.2 Å². The Hall–Kier alpha value is -1.09. The lowest BCUT2D eigenvalue weighted by molar-refractivity contribution is -0.483. The highest BCUT2D eigenvalue weighted by molar-refractivity contribution is 6.53. The first kappa shape index (κ1) is 13.9. The fraction of sp³-hybridized carbons (Fsp3) is 0.833. The van der Waals surface area contributed by atoms with E-state index in [9.17, 15) is 23.7 Å². The molecule has 0 heterocycles. The van der Waals surface area contributed by atoms with E-state index in [4.69, 9.17) is 0 Å². The van der Waals surface area contributed by atoms with E-state index in [2.05, 4.69) is 9.16 Å². The highest BCUT2D eigenvalue weighted by Crippen LogP contribution is 2.00. The summed E-state index contributed by atoms with van der Waals surface area (Å²) in [4.78, 5) is 20.0. The van der Waals surface area contributed by atoms with E-state index in [1.165, 1.54) is 0 Å². The Kier molecular flexibility index (Phi) is 6.70. The molecule has 0 bridgehead atoms. The summed E-state index contributed by atoms with van der Waals surface area (Å²) in [6.07, 6.45) is 0. The van der Waals surface area contributed by atoms with Gasteiger partial charge in [-0.1, -0.05) is 0 Å². The molecule has 0 rings (SSSR count). The molecule has 1 radical (unpaired) electrons. The van der Waals surface area contributed by atoms with Gasteiger partial charge in [0.15, 0.2) is 0 Å². The molecule has 0 atom stereocenters. The van der Waals surface area contributed by atoms with Gasteiger partial charge in [0.2, 0.25) is 6.54 Å². The first-order chi connectivity index (χ1) is 6.93. The summed E-state index contributed by atoms with van der Waals surface area (Å²) in [5, 5.41) is 9.83. The van der Waals surface area contributed by atoms with Gasteiger partial charge in [-0.15, -0.1) is 0 Å². The van der Waals surface area contributed by atoms with E-state index in [0.717, 1.165) is 6.55 Å². The summed E-state index contributed by atoms with van der Waals surface area (Å²) in [6, 6.07) is -2.65. The third-order valence-corrected chi connectivity index (χ3v) is 2.38. The molecule has 0 aliphatic rings. The van der Waals surface area contributed by atoms with Gasteiger partial charge in [-0.25, -0.2) is 8.78 Å². The molecule has 15 heavy (non-hydrogen) atoms. The Morgan fingerprint density at radius 3 is 2.67 bits per heavy atom. The van der Waals surface area contributed by atoms with Gasteiger partial charge in [-0.2, -0.15) is 0 Å². The average Bonchev–Trinajstić information content (AvgIpc) is 2.12. The van der Waals surface area contributed by atoms with Gasteiger partial charge in [-0.05, 0) is 6.55 Å². The molecule has 0 unspecified atom stereocenters. The molecule has 0 aromatic rings. The summed E-state index contributed by atoms with van der Waals surface area (Å²) < 4.78 is 32.7. The van der Waals surface area contributed by atoms with Crippen molar-refractivity contribution in [2.24, 2.45) is 0 Å². The van der Waals surface area contributed by atoms with Crippen LogP contribution in [-0.4, -0.2) is 45.7 Å². The third-order valence-electron chi connectivity index (χ3n) is 1.22. The van der Waals surface area contributed by atoms with E-state index < -0.39 is 39.1 Å². The van der Waals surface area contributed by atoms with Crippen molar-refractivity contribution in [3.8, 4) is 0 Å². The van der Waals surface area contributed by atoms with E-state index in [1.54, 1.807) is 0 Å². The number of halogens is 2. The van der Waals surface area contributed by atoms with Crippen LogP contribution in [0.4, 0.5) is 8.78 Å². The molecule has 0 aliphatic carbocycles. The lowest BCUT2D eigenvalue weighted by atomic mass is 10.7. The maximum Gasteiger partial charge on any atom is 0.356 e. The van der Waals surface area contributed by atoms with Crippen LogP contribution in [0.1, 0.15) is 0 Å². The maximum absolute atomic E-state index is 11.9. The van der Waals surface area contributed by atoms with Crippen LogP contribution in [0.2, 0.25) is 6.55 Å². The Labute approximate surface area is 86.0 Å². The third kappa shape index (κ3) is 7.94. The summed E-state index contributed by atoms with van der Waals surface area (Å²) in [5.41, 5.74) is 0. The molecule has 0 spiro atoms. The fourth-order valence-corrected chi connectivity index (χ4v) is 1.06. The summed E-state index contributed by atoms with van der Waals surface area (Å²) in [5.74, 6) is -0.921. The van der Waals surface area contributed by atoms with Crippen LogP contribution < -0.4 is 0 Å². The van der Waals surface area contributed by atoms with Crippen molar-refractivity contribution in [1.29, 1.82) is 0 Å². The second-order valence-corrected chi connectivity index (χ2v) is 4.36. The Morgan fingerprint density at radius 1 is 1.60 bits per heavy atom. The SMILES string of the molecule is C[Si](OC(=O)COCC[N+](=O)[O-])C(F)F. The van der Waals surface area contributed by atoms with E-state index in [-0.39, 0.29) is 6.61 Å². The Bertz CT molecular complexity index is 228. The topological polar surface area (TPSA) is 78.7 Å². The monoisotopic (exact) mass is 242 g/mol. The van der Waals surface area contributed by atoms with Crippen LogP contribution in [0, 0.1) is 10.1 Å². The lowest BCUT2D eigenvalue weighted by Gasteiger charge is -2.09. The van der Waals surface area contributed by atoms with Crippen molar-refractivity contribution in [3.63, 3.8) is 0 Å².